The Kier molecular flexibility index (Phi) is 6.18. The lowest BCUT2D eigenvalue weighted by Gasteiger charge is -2.29. The molecule has 25 heavy (non-hydrogen) atoms. The smallest absolute Gasteiger partial charge is 0.306 e. The highest BCUT2D eigenvalue weighted by atomic mass is 16.4. The van der Waals surface area contributed by atoms with Crippen LogP contribution in [0.2, 0.25) is 0 Å². The van der Waals surface area contributed by atoms with Crippen LogP contribution in [-0.4, -0.2) is 35.0 Å². The lowest BCUT2D eigenvalue weighted by atomic mass is 9.97. The summed E-state index contributed by atoms with van der Waals surface area (Å²) in [6.07, 6.45) is 2.28. The van der Waals surface area contributed by atoms with E-state index in [2.05, 4.69) is 19.2 Å². The zero-order valence-electron chi connectivity index (χ0n) is 14.5. The number of carboxylic acids is 1. The molecule has 1 aliphatic rings. The number of piperidine rings is 1. The van der Waals surface area contributed by atoms with Gasteiger partial charge in [-0.25, -0.2) is 0 Å². The number of rotatable bonds is 5. The quantitative estimate of drug-likeness (QED) is 0.634. The van der Waals surface area contributed by atoms with E-state index >= 15 is 0 Å². The van der Waals surface area contributed by atoms with Gasteiger partial charge < -0.3 is 15.3 Å². The number of para-hydroxylation sites is 1. The number of carbonyl (C=O) groups excluding carboxylic acids is 1. The molecule has 132 valence electrons. The van der Waals surface area contributed by atoms with Crippen molar-refractivity contribution in [1.82, 2.24) is 4.90 Å². The number of aliphatic carboxylic acids is 1. The van der Waals surface area contributed by atoms with Gasteiger partial charge in [0.05, 0.1) is 5.92 Å². The van der Waals surface area contributed by atoms with Gasteiger partial charge in [0, 0.05) is 25.0 Å². The van der Waals surface area contributed by atoms with E-state index in [1.54, 1.807) is 4.90 Å². The van der Waals surface area contributed by atoms with Gasteiger partial charge in [-0.3, -0.25) is 9.59 Å². The van der Waals surface area contributed by atoms with Crippen LogP contribution >= 0.6 is 0 Å². The number of benzene rings is 1. The van der Waals surface area contributed by atoms with E-state index in [4.69, 9.17) is 5.11 Å². The third-order valence-electron chi connectivity index (χ3n) is 4.44. The number of likely N-dealkylation sites (tertiary alicyclic amines) is 1. The maximum atomic E-state index is 12.5. The highest BCUT2D eigenvalue weighted by molar-refractivity contribution is 5.97. The summed E-state index contributed by atoms with van der Waals surface area (Å²) in [5.41, 5.74) is 1.99. The molecule has 6 nitrogen and oxygen atoms in total. The third kappa shape index (κ3) is 4.60. The fourth-order valence-electron chi connectivity index (χ4n) is 2.92. The van der Waals surface area contributed by atoms with Crippen LogP contribution in [0.5, 0.6) is 0 Å². The number of hydrogen-bond acceptors (Lipinski definition) is 4. The SMILES string of the molecule is CC(C)c1ccccc1N/C=C(/C#N)C(=O)N1CCC(C(=O)O)CC1. The van der Waals surface area contributed by atoms with Gasteiger partial charge in [-0.1, -0.05) is 32.0 Å². The Bertz CT molecular complexity index is 711. The molecular weight excluding hydrogens is 318 g/mol. The molecule has 1 amide bonds. The van der Waals surface area contributed by atoms with Crippen LogP contribution in [0.3, 0.4) is 0 Å². The van der Waals surface area contributed by atoms with Crippen molar-refractivity contribution >= 4 is 17.6 Å². The zero-order chi connectivity index (χ0) is 18.4. The Labute approximate surface area is 147 Å². The minimum absolute atomic E-state index is 0.0207. The van der Waals surface area contributed by atoms with E-state index in [1.165, 1.54) is 6.20 Å². The molecule has 1 fully saturated rings. The van der Waals surface area contributed by atoms with E-state index < -0.39 is 11.9 Å². The van der Waals surface area contributed by atoms with Crippen LogP contribution < -0.4 is 5.32 Å². The summed E-state index contributed by atoms with van der Waals surface area (Å²) in [5.74, 6) is -1.28. The summed E-state index contributed by atoms with van der Waals surface area (Å²) in [7, 11) is 0. The first kappa shape index (κ1) is 18.5. The van der Waals surface area contributed by atoms with E-state index in [1.807, 2.05) is 30.3 Å². The fraction of sp³-hybridized carbons (Fsp3) is 0.421. The number of nitriles is 1. The Balaban J connectivity index is 2.07. The predicted molar refractivity (Wildman–Crippen MR) is 94.8 cm³/mol. The number of amides is 1. The maximum Gasteiger partial charge on any atom is 0.306 e. The van der Waals surface area contributed by atoms with Gasteiger partial charge in [0.1, 0.15) is 11.6 Å². The summed E-state index contributed by atoms with van der Waals surface area (Å²) in [6, 6.07) is 9.70. The Morgan fingerprint density at radius 1 is 1.32 bits per heavy atom. The van der Waals surface area contributed by atoms with Crippen molar-refractivity contribution < 1.29 is 14.7 Å². The summed E-state index contributed by atoms with van der Waals surface area (Å²) in [5, 5.41) is 21.4. The number of carboxylic acid groups (broad SMARTS) is 1. The largest absolute Gasteiger partial charge is 0.481 e. The summed E-state index contributed by atoms with van der Waals surface area (Å²) in [4.78, 5) is 25.0. The monoisotopic (exact) mass is 341 g/mol. The van der Waals surface area contributed by atoms with Gasteiger partial charge in [0.25, 0.3) is 5.91 Å². The predicted octanol–water partition coefficient (Wildman–Crippen LogP) is 2.95. The van der Waals surface area contributed by atoms with Crippen LogP contribution in [0, 0.1) is 17.2 Å². The molecule has 0 bridgehead atoms. The lowest BCUT2D eigenvalue weighted by Crippen LogP contribution is -2.40. The minimum atomic E-state index is -0.824. The van der Waals surface area contributed by atoms with E-state index in [9.17, 15) is 14.9 Å². The van der Waals surface area contributed by atoms with Crippen LogP contribution in [-0.2, 0) is 9.59 Å². The molecule has 0 unspecified atom stereocenters. The van der Waals surface area contributed by atoms with E-state index in [0.29, 0.717) is 31.8 Å². The van der Waals surface area contributed by atoms with Crippen molar-refractivity contribution in [3.05, 3.63) is 41.6 Å². The molecule has 0 aliphatic carbocycles. The number of nitrogens with one attached hydrogen (secondary N) is 1. The molecule has 2 N–H and O–H groups in total. The molecule has 0 saturated carbocycles. The third-order valence-corrected chi connectivity index (χ3v) is 4.44. The van der Waals surface area contributed by atoms with Gasteiger partial charge in [0.2, 0.25) is 0 Å². The van der Waals surface area contributed by atoms with Crippen molar-refractivity contribution in [2.24, 2.45) is 5.92 Å². The van der Waals surface area contributed by atoms with Crippen molar-refractivity contribution in [2.45, 2.75) is 32.6 Å². The highest BCUT2D eigenvalue weighted by Crippen LogP contribution is 2.24. The molecule has 6 heteroatoms. The molecule has 0 atom stereocenters. The average molecular weight is 341 g/mol. The zero-order valence-corrected chi connectivity index (χ0v) is 14.5. The van der Waals surface area contributed by atoms with Gasteiger partial charge in [-0.15, -0.1) is 0 Å². The van der Waals surface area contributed by atoms with Crippen LogP contribution in [0.15, 0.2) is 36.0 Å². The molecule has 1 heterocycles. The van der Waals surface area contributed by atoms with E-state index in [-0.39, 0.29) is 11.5 Å². The Hall–Kier alpha value is -2.81. The molecule has 1 aromatic carbocycles. The number of hydrogen-bond donors (Lipinski definition) is 2. The number of nitrogens with zero attached hydrogens (tertiary/aromatic N) is 2. The lowest BCUT2D eigenvalue weighted by molar-refractivity contribution is -0.145. The van der Waals surface area contributed by atoms with Crippen LogP contribution in [0.1, 0.15) is 38.2 Å². The first-order valence-corrected chi connectivity index (χ1v) is 8.41. The minimum Gasteiger partial charge on any atom is -0.481 e. The van der Waals surface area contributed by atoms with Gasteiger partial charge in [0.15, 0.2) is 0 Å². The highest BCUT2D eigenvalue weighted by Gasteiger charge is 2.28. The van der Waals surface area contributed by atoms with Gasteiger partial charge >= 0.3 is 5.97 Å². The molecule has 1 aliphatic heterocycles. The van der Waals surface area contributed by atoms with Crippen molar-refractivity contribution in [2.75, 3.05) is 18.4 Å². The second kappa shape index (κ2) is 8.34. The molecule has 2 rings (SSSR count). The summed E-state index contributed by atoms with van der Waals surface area (Å²) < 4.78 is 0. The standard InChI is InChI=1S/C19H23N3O3/c1-13(2)16-5-3-4-6-17(16)21-12-15(11-20)18(23)22-9-7-14(8-10-22)19(24)25/h3-6,12-14,21H,7-10H2,1-2H3,(H,24,25)/b15-12-. The molecule has 0 aromatic heterocycles. The Morgan fingerprint density at radius 3 is 2.52 bits per heavy atom. The molecule has 0 spiro atoms. The average Bonchev–Trinajstić information content (AvgIpc) is 2.62. The molecular formula is C19H23N3O3. The van der Waals surface area contributed by atoms with Crippen molar-refractivity contribution in [3.63, 3.8) is 0 Å². The number of anilines is 1. The molecule has 1 saturated heterocycles. The summed E-state index contributed by atoms with van der Waals surface area (Å²) in [6.45, 7) is 4.87. The first-order chi connectivity index (χ1) is 11.9. The molecule has 1 aromatic rings. The van der Waals surface area contributed by atoms with Gasteiger partial charge in [-0.05, 0) is 30.4 Å². The van der Waals surface area contributed by atoms with Gasteiger partial charge in [-0.2, -0.15) is 5.26 Å². The number of carbonyl (C=O) groups is 2. The Morgan fingerprint density at radius 2 is 1.96 bits per heavy atom. The second-order valence-corrected chi connectivity index (χ2v) is 6.46. The molecule has 0 radical (unpaired) electrons. The summed E-state index contributed by atoms with van der Waals surface area (Å²) >= 11 is 0. The van der Waals surface area contributed by atoms with Crippen molar-refractivity contribution in [3.8, 4) is 6.07 Å². The first-order valence-electron chi connectivity index (χ1n) is 8.41. The van der Waals surface area contributed by atoms with E-state index in [0.717, 1.165) is 11.3 Å². The topological polar surface area (TPSA) is 93.4 Å². The van der Waals surface area contributed by atoms with Crippen LogP contribution in [0.25, 0.3) is 0 Å². The van der Waals surface area contributed by atoms with Crippen LogP contribution in [0.4, 0.5) is 5.69 Å². The fourth-order valence-corrected chi connectivity index (χ4v) is 2.92. The van der Waals surface area contributed by atoms with Crippen molar-refractivity contribution in [1.29, 1.82) is 5.26 Å². The maximum absolute atomic E-state index is 12.5. The second-order valence-electron chi connectivity index (χ2n) is 6.46. The normalized spacial score (nSPS) is 15.8.